The third kappa shape index (κ3) is 3.90. The Morgan fingerprint density at radius 1 is 0.900 bits per heavy atom. The molecule has 1 aliphatic heterocycles. The van der Waals surface area contributed by atoms with Crippen molar-refractivity contribution in [3.8, 4) is 17.2 Å². The van der Waals surface area contributed by atoms with Crippen LogP contribution in [0.2, 0.25) is 0 Å². The Kier molecular flexibility index (Phi) is 6.00. The van der Waals surface area contributed by atoms with E-state index in [1.807, 2.05) is 12.1 Å². The lowest BCUT2D eigenvalue weighted by Crippen LogP contribution is -2.30. The second kappa shape index (κ2) is 8.84. The second-order valence-electron chi connectivity index (χ2n) is 7.78. The van der Waals surface area contributed by atoms with Crippen LogP contribution >= 0.6 is 0 Å². The van der Waals surface area contributed by atoms with Crippen molar-refractivity contribution >= 4 is 0 Å². The molecule has 0 saturated heterocycles. The summed E-state index contributed by atoms with van der Waals surface area (Å²) >= 11 is 0. The van der Waals surface area contributed by atoms with Gasteiger partial charge in [0.15, 0.2) is 0 Å². The Morgan fingerprint density at radius 2 is 1.67 bits per heavy atom. The Balaban J connectivity index is 1.79. The van der Waals surface area contributed by atoms with Crippen LogP contribution in [0.1, 0.15) is 34.8 Å². The highest BCUT2D eigenvalue weighted by atomic mass is 16.5. The standard InChI is InChI=1S/C25H30N2O3/c1-18-8-5-9-19(14-18)25-22-10-6-11-26(22)12-7-13-27(25)17-21-23(29-3)15-20(28-2)16-24(21)30-4/h5-6,8-11,14-16,25H,7,12-13,17H2,1-4H3. The number of fused-ring (bicyclic) bond motifs is 1. The fourth-order valence-electron chi connectivity index (χ4n) is 4.47. The number of nitrogens with zero attached hydrogens (tertiary/aromatic N) is 2. The first-order valence-electron chi connectivity index (χ1n) is 10.4. The summed E-state index contributed by atoms with van der Waals surface area (Å²) in [4.78, 5) is 2.53. The molecule has 0 aliphatic carbocycles. The van der Waals surface area contributed by atoms with E-state index in [2.05, 4.69) is 59.0 Å². The van der Waals surface area contributed by atoms with E-state index in [1.165, 1.54) is 16.8 Å². The number of benzene rings is 2. The fraction of sp³-hybridized carbons (Fsp3) is 0.360. The molecule has 1 unspecified atom stereocenters. The van der Waals surface area contributed by atoms with Crippen LogP contribution in [-0.2, 0) is 13.1 Å². The Hall–Kier alpha value is -2.92. The van der Waals surface area contributed by atoms with Crippen LogP contribution in [0.3, 0.4) is 0 Å². The number of aryl methyl sites for hydroxylation is 2. The molecular weight excluding hydrogens is 376 g/mol. The molecule has 1 aliphatic rings. The van der Waals surface area contributed by atoms with Crippen molar-refractivity contribution in [1.29, 1.82) is 0 Å². The van der Waals surface area contributed by atoms with E-state index in [9.17, 15) is 0 Å². The van der Waals surface area contributed by atoms with Crippen molar-refractivity contribution < 1.29 is 14.2 Å². The predicted molar refractivity (Wildman–Crippen MR) is 119 cm³/mol. The van der Waals surface area contributed by atoms with Gasteiger partial charge in [0.25, 0.3) is 0 Å². The molecule has 0 amide bonds. The maximum atomic E-state index is 5.73. The van der Waals surface area contributed by atoms with Crippen molar-refractivity contribution in [3.63, 3.8) is 0 Å². The SMILES string of the molecule is COc1cc(OC)c(CN2CCCn3cccc3C2c2cccc(C)c2)c(OC)c1. The molecule has 0 saturated carbocycles. The Morgan fingerprint density at radius 3 is 2.33 bits per heavy atom. The van der Waals surface area contributed by atoms with Crippen LogP contribution in [0.15, 0.2) is 54.7 Å². The molecule has 0 N–H and O–H groups in total. The molecule has 0 fully saturated rings. The first-order chi connectivity index (χ1) is 14.6. The highest BCUT2D eigenvalue weighted by Gasteiger charge is 2.29. The van der Waals surface area contributed by atoms with Gasteiger partial charge < -0.3 is 18.8 Å². The molecule has 2 heterocycles. The second-order valence-corrected chi connectivity index (χ2v) is 7.78. The van der Waals surface area contributed by atoms with E-state index in [1.54, 1.807) is 21.3 Å². The first-order valence-corrected chi connectivity index (χ1v) is 10.4. The number of rotatable bonds is 6. The summed E-state index contributed by atoms with van der Waals surface area (Å²) in [7, 11) is 5.05. The van der Waals surface area contributed by atoms with E-state index in [0.29, 0.717) is 0 Å². The lowest BCUT2D eigenvalue weighted by atomic mass is 9.99. The van der Waals surface area contributed by atoms with Crippen LogP contribution in [-0.4, -0.2) is 37.3 Å². The van der Waals surface area contributed by atoms with Gasteiger partial charge in [0.1, 0.15) is 17.2 Å². The molecule has 30 heavy (non-hydrogen) atoms. The molecule has 3 aromatic rings. The maximum absolute atomic E-state index is 5.73. The van der Waals surface area contributed by atoms with Crippen LogP contribution in [0, 0.1) is 6.92 Å². The molecule has 1 atom stereocenters. The lowest BCUT2D eigenvalue weighted by molar-refractivity contribution is 0.213. The van der Waals surface area contributed by atoms with Gasteiger partial charge in [0, 0.05) is 43.7 Å². The quantitative estimate of drug-likeness (QED) is 0.588. The minimum absolute atomic E-state index is 0.166. The zero-order valence-corrected chi connectivity index (χ0v) is 18.2. The maximum Gasteiger partial charge on any atom is 0.130 e. The first kappa shape index (κ1) is 20.4. The summed E-state index contributed by atoms with van der Waals surface area (Å²) in [5, 5.41) is 0. The molecular formula is C25H30N2O3. The van der Waals surface area contributed by atoms with Crippen molar-refractivity contribution in [1.82, 2.24) is 9.47 Å². The molecule has 5 nitrogen and oxygen atoms in total. The summed E-state index contributed by atoms with van der Waals surface area (Å²) in [6.07, 6.45) is 3.28. The molecule has 4 rings (SSSR count). The molecule has 0 bridgehead atoms. The summed E-state index contributed by atoms with van der Waals surface area (Å²) in [6.45, 7) is 4.88. The fourth-order valence-corrected chi connectivity index (χ4v) is 4.47. The summed E-state index contributed by atoms with van der Waals surface area (Å²) < 4.78 is 19.3. The molecule has 5 heteroatoms. The van der Waals surface area contributed by atoms with E-state index in [0.717, 1.165) is 48.9 Å². The Labute approximate surface area is 178 Å². The minimum Gasteiger partial charge on any atom is -0.496 e. The zero-order chi connectivity index (χ0) is 21.1. The van der Waals surface area contributed by atoms with E-state index >= 15 is 0 Å². The van der Waals surface area contributed by atoms with Crippen molar-refractivity contribution in [2.24, 2.45) is 0 Å². The van der Waals surface area contributed by atoms with Crippen LogP contribution in [0.4, 0.5) is 0 Å². The van der Waals surface area contributed by atoms with Gasteiger partial charge in [-0.2, -0.15) is 0 Å². The zero-order valence-electron chi connectivity index (χ0n) is 18.2. The lowest BCUT2D eigenvalue weighted by Gasteiger charge is -2.32. The van der Waals surface area contributed by atoms with Crippen LogP contribution in [0.25, 0.3) is 0 Å². The van der Waals surface area contributed by atoms with Gasteiger partial charge in [-0.05, 0) is 31.0 Å². The average molecular weight is 407 g/mol. The number of hydrogen-bond donors (Lipinski definition) is 0. The number of hydrogen-bond acceptors (Lipinski definition) is 4. The molecule has 1 aromatic heterocycles. The highest BCUT2D eigenvalue weighted by molar-refractivity contribution is 5.51. The van der Waals surface area contributed by atoms with Crippen LogP contribution in [0.5, 0.6) is 17.2 Å². The van der Waals surface area contributed by atoms with E-state index < -0.39 is 0 Å². The van der Waals surface area contributed by atoms with E-state index in [4.69, 9.17) is 14.2 Å². The molecule has 0 spiro atoms. The highest BCUT2D eigenvalue weighted by Crippen LogP contribution is 2.39. The van der Waals surface area contributed by atoms with Gasteiger partial charge in [-0.25, -0.2) is 0 Å². The summed E-state index contributed by atoms with van der Waals surface area (Å²) in [5.74, 6) is 2.30. The summed E-state index contributed by atoms with van der Waals surface area (Å²) in [5.41, 5.74) is 4.95. The monoisotopic (exact) mass is 406 g/mol. The van der Waals surface area contributed by atoms with Gasteiger partial charge in [0.2, 0.25) is 0 Å². The molecule has 2 aromatic carbocycles. The third-order valence-corrected chi connectivity index (χ3v) is 5.89. The van der Waals surface area contributed by atoms with E-state index in [-0.39, 0.29) is 6.04 Å². The molecule has 0 radical (unpaired) electrons. The van der Waals surface area contributed by atoms with Gasteiger partial charge >= 0.3 is 0 Å². The minimum atomic E-state index is 0.166. The topological polar surface area (TPSA) is 35.9 Å². The third-order valence-electron chi connectivity index (χ3n) is 5.89. The molecule has 158 valence electrons. The van der Waals surface area contributed by atoms with Gasteiger partial charge in [-0.1, -0.05) is 29.8 Å². The van der Waals surface area contributed by atoms with Gasteiger partial charge in [-0.3, -0.25) is 4.90 Å². The normalized spacial score (nSPS) is 16.6. The summed E-state index contributed by atoms with van der Waals surface area (Å²) in [6, 6.07) is 17.2. The average Bonchev–Trinajstić information content (AvgIpc) is 3.14. The largest absolute Gasteiger partial charge is 0.496 e. The van der Waals surface area contributed by atoms with Gasteiger partial charge in [0.05, 0.1) is 32.9 Å². The van der Waals surface area contributed by atoms with Crippen molar-refractivity contribution in [2.75, 3.05) is 27.9 Å². The predicted octanol–water partition coefficient (Wildman–Crippen LogP) is 4.82. The van der Waals surface area contributed by atoms with Crippen LogP contribution < -0.4 is 14.2 Å². The van der Waals surface area contributed by atoms with Crippen molar-refractivity contribution in [2.45, 2.75) is 32.5 Å². The smallest absolute Gasteiger partial charge is 0.130 e. The van der Waals surface area contributed by atoms with Crippen molar-refractivity contribution in [3.05, 3.63) is 77.1 Å². The van der Waals surface area contributed by atoms with Gasteiger partial charge in [-0.15, -0.1) is 0 Å². The number of aromatic nitrogens is 1. The number of ether oxygens (including phenoxy) is 3. The number of methoxy groups -OCH3 is 3. The Bertz CT molecular complexity index is 986.